The molecule has 3 rings (SSSR count). The van der Waals surface area contributed by atoms with Gasteiger partial charge in [-0.2, -0.15) is 13.2 Å². The average Bonchev–Trinajstić information content (AvgIpc) is 3.07. The molecule has 1 N–H and O–H groups in total. The van der Waals surface area contributed by atoms with E-state index in [0.717, 1.165) is 12.1 Å². The lowest BCUT2D eigenvalue weighted by molar-refractivity contribution is -0.140. The minimum Gasteiger partial charge on any atom is -0.480 e. The van der Waals surface area contributed by atoms with E-state index in [1.54, 1.807) is 0 Å². The molecule has 12 heteroatoms. The SMILES string of the molecule is O=C(O)C1CC(S(=O)(=O)c2ccccc2C(F)(F)F)CN1c1ccnc(Cl)n1. The number of alkyl halides is 3. The highest BCUT2D eigenvalue weighted by Gasteiger charge is 2.46. The van der Waals surface area contributed by atoms with Crippen molar-refractivity contribution in [1.82, 2.24) is 9.97 Å². The smallest absolute Gasteiger partial charge is 0.417 e. The Kier molecular flexibility index (Phi) is 5.24. The van der Waals surface area contributed by atoms with E-state index >= 15 is 0 Å². The van der Waals surface area contributed by atoms with Gasteiger partial charge >= 0.3 is 12.1 Å². The summed E-state index contributed by atoms with van der Waals surface area (Å²) in [6.45, 7) is -0.348. The van der Waals surface area contributed by atoms with Gasteiger partial charge in [0.15, 0.2) is 9.84 Å². The summed E-state index contributed by atoms with van der Waals surface area (Å²) < 4.78 is 65.6. The molecule has 1 fully saturated rings. The maximum absolute atomic E-state index is 13.3. The second-order valence-corrected chi connectivity index (χ2v) is 8.62. The fraction of sp³-hybridized carbons (Fsp3) is 0.312. The number of carbonyl (C=O) groups is 1. The lowest BCUT2D eigenvalue weighted by atomic mass is 10.2. The first-order valence-corrected chi connectivity index (χ1v) is 9.82. The Morgan fingerprint density at radius 2 is 1.93 bits per heavy atom. The van der Waals surface area contributed by atoms with Crippen molar-refractivity contribution in [2.75, 3.05) is 11.4 Å². The molecule has 1 aromatic carbocycles. The summed E-state index contributed by atoms with van der Waals surface area (Å²) in [5.74, 6) is -1.24. The highest BCUT2D eigenvalue weighted by Crippen LogP contribution is 2.38. The van der Waals surface area contributed by atoms with Crippen LogP contribution in [0.1, 0.15) is 12.0 Å². The summed E-state index contributed by atoms with van der Waals surface area (Å²) in [5, 5.41) is 7.92. The summed E-state index contributed by atoms with van der Waals surface area (Å²) in [5.41, 5.74) is -1.29. The number of nitrogens with zero attached hydrogens (tertiary/aromatic N) is 3. The van der Waals surface area contributed by atoms with Crippen molar-refractivity contribution in [3.8, 4) is 0 Å². The van der Waals surface area contributed by atoms with Crippen molar-refractivity contribution in [3.05, 3.63) is 47.4 Å². The van der Waals surface area contributed by atoms with E-state index < -0.39 is 50.2 Å². The fourth-order valence-corrected chi connectivity index (χ4v) is 5.18. The third-order valence-electron chi connectivity index (χ3n) is 4.39. The summed E-state index contributed by atoms with van der Waals surface area (Å²) in [7, 11) is -4.47. The molecule has 2 unspecified atom stereocenters. The van der Waals surface area contributed by atoms with Crippen LogP contribution in [0.2, 0.25) is 5.28 Å². The van der Waals surface area contributed by atoms with Gasteiger partial charge in [-0.1, -0.05) is 12.1 Å². The monoisotopic (exact) mass is 435 g/mol. The van der Waals surface area contributed by atoms with Gasteiger partial charge in [0, 0.05) is 12.7 Å². The van der Waals surface area contributed by atoms with Crippen molar-refractivity contribution in [2.24, 2.45) is 0 Å². The lowest BCUT2D eigenvalue weighted by Crippen LogP contribution is -2.36. The lowest BCUT2D eigenvalue weighted by Gasteiger charge is -2.22. The molecule has 1 aliphatic rings. The second-order valence-electron chi connectivity index (χ2n) is 6.09. The van der Waals surface area contributed by atoms with E-state index in [-0.39, 0.29) is 17.6 Å². The number of carboxylic acid groups (broad SMARTS) is 1. The van der Waals surface area contributed by atoms with Crippen molar-refractivity contribution >= 4 is 33.2 Å². The number of hydrogen-bond donors (Lipinski definition) is 1. The van der Waals surface area contributed by atoms with E-state index in [1.807, 2.05) is 0 Å². The predicted molar refractivity (Wildman–Crippen MR) is 92.8 cm³/mol. The van der Waals surface area contributed by atoms with Crippen LogP contribution in [0.5, 0.6) is 0 Å². The first-order chi connectivity index (χ1) is 13.0. The molecule has 0 spiro atoms. The van der Waals surface area contributed by atoms with Crippen molar-refractivity contribution in [3.63, 3.8) is 0 Å². The predicted octanol–water partition coefficient (Wildman–Crippen LogP) is 2.65. The zero-order valence-corrected chi connectivity index (χ0v) is 15.5. The van der Waals surface area contributed by atoms with Gasteiger partial charge in [0.05, 0.1) is 15.7 Å². The Morgan fingerprint density at radius 3 is 2.54 bits per heavy atom. The van der Waals surface area contributed by atoms with Crippen LogP contribution in [0, 0.1) is 0 Å². The quantitative estimate of drug-likeness (QED) is 0.737. The van der Waals surface area contributed by atoms with Gasteiger partial charge in [-0.05, 0) is 36.2 Å². The second kappa shape index (κ2) is 7.21. The Balaban J connectivity index is 2.02. The normalized spacial score (nSPS) is 20.4. The van der Waals surface area contributed by atoms with Crippen LogP contribution >= 0.6 is 11.6 Å². The molecular formula is C16H13ClF3N3O4S. The Hall–Kier alpha value is -2.40. The van der Waals surface area contributed by atoms with Gasteiger partial charge in [-0.3, -0.25) is 0 Å². The van der Waals surface area contributed by atoms with E-state index in [0.29, 0.717) is 6.07 Å². The first-order valence-electron chi connectivity index (χ1n) is 7.90. The van der Waals surface area contributed by atoms with Gasteiger partial charge in [0.25, 0.3) is 0 Å². The molecule has 0 aliphatic carbocycles. The van der Waals surface area contributed by atoms with Crippen molar-refractivity contribution < 1.29 is 31.5 Å². The molecule has 7 nitrogen and oxygen atoms in total. The Bertz CT molecular complexity index is 1020. The Labute approximate surface area is 162 Å². The number of halogens is 4. The molecule has 1 aliphatic heterocycles. The third-order valence-corrected chi connectivity index (χ3v) is 6.76. The minimum atomic E-state index is -4.87. The molecule has 2 heterocycles. The van der Waals surface area contributed by atoms with Crippen LogP contribution in [-0.4, -0.2) is 47.3 Å². The summed E-state index contributed by atoms with van der Waals surface area (Å²) >= 11 is 5.70. The molecule has 0 radical (unpaired) electrons. The molecule has 2 atom stereocenters. The Morgan fingerprint density at radius 1 is 1.25 bits per heavy atom. The summed E-state index contributed by atoms with van der Waals surface area (Å²) in [4.78, 5) is 19.5. The number of hydrogen-bond acceptors (Lipinski definition) is 6. The number of sulfone groups is 1. The first kappa shape index (κ1) is 20.3. The molecule has 1 aromatic heterocycles. The number of anilines is 1. The molecular weight excluding hydrogens is 423 g/mol. The maximum atomic E-state index is 13.3. The van der Waals surface area contributed by atoms with Gasteiger partial charge in [0.2, 0.25) is 5.28 Å². The van der Waals surface area contributed by atoms with E-state index in [2.05, 4.69) is 9.97 Å². The number of aromatic nitrogens is 2. The van der Waals surface area contributed by atoms with Gasteiger partial charge < -0.3 is 10.0 Å². The number of rotatable bonds is 4. The molecule has 0 saturated carbocycles. The van der Waals surface area contributed by atoms with Crippen LogP contribution in [0.4, 0.5) is 19.0 Å². The zero-order chi connectivity index (χ0) is 20.7. The average molecular weight is 436 g/mol. The molecule has 0 amide bonds. The highest BCUT2D eigenvalue weighted by atomic mass is 35.5. The maximum Gasteiger partial charge on any atom is 0.417 e. The number of benzene rings is 1. The standard InChI is InChI=1S/C16H13ClF3N3O4S/c17-15-21-6-5-13(22-15)23-8-9(7-11(23)14(24)25)28(26,27)12-4-2-1-3-10(12)16(18,19)20/h1-6,9,11H,7-8H2,(H,24,25). The third kappa shape index (κ3) is 3.76. The summed E-state index contributed by atoms with van der Waals surface area (Å²) in [6.07, 6.45) is -4.00. The van der Waals surface area contributed by atoms with E-state index in [1.165, 1.54) is 23.2 Å². The van der Waals surface area contributed by atoms with Crippen molar-refractivity contribution in [2.45, 2.75) is 28.8 Å². The summed E-state index contributed by atoms with van der Waals surface area (Å²) in [6, 6.07) is 3.89. The van der Waals surface area contributed by atoms with Crippen LogP contribution in [0.15, 0.2) is 41.4 Å². The largest absolute Gasteiger partial charge is 0.480 e. The minimum absolute atomic E-state index is 0.0780. The van der Waals surface area contributed by atoms with Gasteiger partial charge in [-0.25, -0.2) is 23.2 Å². The van der Waals surface area contributed by atoms with Crippen LogP contribution < -0.4 is 4.90 Å². The molecule has 0 bridgehead atoms. The van der Waals surface area contributed by atoms with Gasteiger partial charge in [-0.15, -0.1) is 0 Å². The number of aliphatic carboxylic acids is 1. The fourth-order valence-electron chi connectivity index (χ4n) is 3.12. The van der Waals surface area contributed by atoms with Crippen LogP contribution in [-0.2, 0) is 20.8 Å². The van der Waals surface area contributed by atoms with Crippen molar-refractivity contribution in [1.29, 1.82) is 0 Å². The van der Waals surface area contributed by atoms with E-state index in [9.17, 15) is 31.5 Å². The van der Waals surface area contributed by atoms with Crippen LogP contribution in [0.3, 0.4) is 0 Å². The van der Waals surface area contributed by atoms with Gasteiger partial charge in [0.1, 0.15) is 11.9 Å². The van der Waals surface area contributed by atoms with Crippen LogP contribution in [0.25, 0.3) is 0 Å². The molecule has 28 heavy (non-hydrogen) atoms. The zero-order valence-electron chi connectivity index (χ0n) is 14.0. The highest BCUT2D eigenvalue weighted by molar-refractivity contribution is 7.92. The molecule has 150 valence electrons. The molecule has 2 aromatic rings. The topological polar surface area (TPSA) is 100 Å². The molecule has 1 saturated heterocycles. The number of carboxylic acids is 1. The van der Waals surface area contributed by atoms with E-state index in [4.69, 9.17) is 11.6 Å².